The van der Waals surface area contributed by atoms with E-state index in [1.165, 1.54) is 44.9 Å². The topological polar surface area (TPSA) is 52.0 Å². The summed E-state index contributed by atoms with van der Waals surface area (Å²) in [6.45, 7) is 4.60. The van der Waals surface area contributed by atoms with E-state index in [-0.39, 0.29) is 0 Å². The molecule has 4 atom stereocenters. The van der Waals surface area contributed by atoms with Crippen LogP contribution in [0.2, 0.25) is 0 Å². The van der Waals surface area contributed by atoms with Crippen LogP contribution in [0.15, 0.2) is 0 Å². The molecule has 4 N–H and O–H groups in total. The van der Waals surface area contributed by atoms with Crippen molar-refractivity contribution in [3.05, 3.63) is 11.8 Å². The zero-order valence-electron chi connectivity index (χ0n) is 11.4. The first-order valence-corrected chi connectivity index (χ1v) is 7.24. The average molecular weight is 236 g/mol. The second-order valence-corrected chi connectivity index (χ2v) is 6.44. The maximum Gasteiger partial charge on any atom is 0.00649 e. The largest absolute Gasteiger partial charge is 0.327 e. The van der Waals surface area contributed by atoms with Gasteiger partial charge in [-0.15, -0.1) is 0 Å². The molecule has 2 aliphatic carbocycles. The highest BCUT2D eigenvalue weighted by molar-refractivity contribution is 5.09. The van der Waals surface area contributed by atoms with Gasteiger partial charge in [-0.2, -0.15) is 0 Å². The Hall–Kier alpha value is -0.0800. The second kappa shape index (κ2) is 5.71. The van der Waals surface area contributed by atoms with Gasteiger partial charge in [-0.3, -0.25) is 0 Å². The van der Waals surface area contributed by atoms with Gasteiger partial charge in [0.2, 0.25) is 0 Å². The molecule has 2 fully saturated rings. The molecule has 0 spiro atoms. The predicted octanol–water partition coefficient (Wildman–Crippen LogP) is 2.82. The van der Waals surface area contributed by atoms with E-state index in [4.69, 9.17) is 11.5 Å². The summed E-state index contributed by atoms with van der Waals surface area (Å²) in [7, 11) is 0. The third-order valence-corrected chi connectivity index (χ3v) is 4.85. The standard InChI is InChI=1S/C15H28N2/c1-10-7-12(3-5-14(10)16)9-13-4-6-15(17)11(2)8-13/h10-11,14-15H,3-9,16-17H2,1-2H3. The second-order valence-electron chi connectivity index (χ2n) is 6.44. The molecular formula is C15H28N2. The van der Waals surface area contributed by atoms with E-state index in [0.29, 0.717) is 23.9 Å². The minimum atomic E-state index is 0.433. The molecule has 0 bridgehead atoms. The Kier molecular flexibility index (Phi) is 4.48. The molecule has 2 saturated carbocycles. The van der Waals surface area contributed by atoms with Gasteiger partial charge in [-0.05, 0) is 68.6 Å². The van der Waals surface area contributed by atoms with E-state index in [0.717, 1.165) is 0 Å². The number of nitrogens with two attached hydrogens (primary N) is 2. The van der Waals surface area contributed by atoms with Crippen LogP contribution >= 0.6 is 0 Å². The Morgan fingerprint density at radius 3 is 1.65 bits per heavy atom. The molecule has 2 radical (unpaired) electrons. The first kappa shape index (κ1) is 13.4. The van der Waals surface area contributed by atoms with Crippen LogP contribution in [0.25, 0.3) is 0 Å². The highest BCUT2D eigenvalue weighted by Crippen LogP contribution is 2.40. The van der Waals surface area contributed by atoms with Crippen molar-refractivity contribution in [3.8, 4) is 0 Å². The van der Waals surface area contributed by atoms with Gasteiger partial charge in [0, 0.05) is 12.1 Å². The molecule has 0 amide bonds. The minimum absolute atomic E-state index is 0.433. The fourth-order valence-corrected chi connectivity index (χ4v) is 3.40. The van der Waals surface area contributed by atoms with E-state index in [2.05, 4.69) is 13.8 Å². The normalized spacial score (nSPS) is 41.6. The van der Waals surface area contributed by atoms with Crippen LogP contribution in [-0.4, -0.2) is 12.1 Å². The average Bonchev–Trinajstić information content (AvgIpc) is 2.29. The lowest BCUT2D eigenvalue weighted by Crippen LogP contribution is -2.36. The maximum absolute atomic E-state index is 6.08. The van der Waals surface area contributed by atoms with Crippen molar-refractivity contribution < 1.29 is 0 Å². The zero-order valence-corrected chi connectivity index (χ0v) is 11.4. The Labute approximate surface area is 107 Å². The molecule has 2 aliphatic rings. The smallest absolute Gasteiger partial charge is 0.00649 e. The van der Waals surface area contributed by atoms with Crippen molar-refractivity contribution in [1.82, 2.24) is 0 Å². The Bertz CT molecular complexity index is 217. The molecule has 17 heavy (non-hydrogen) atoms. The van der Waals surface area contributed by atoms with Gasteiger partial charge in [-0.25, -0.2) is 0 Å². The lowest BCUT2D eigenvalue weighted by molar-refractivity contribution is 0.313. The molecule has 2 nitrogen and oxygen atoms in total. The molecule has 0 aromatic heterocycles. The van der Waals surface area contributed by atoms with E-state index >= 15 is 0 Å². The van der Waals surface area contributed by atoms with Crippen molar-refractivity contribution in [2.24, 2.45) is 23.3 Å². The van der Waals surface area contributed by atoms with Crippen molar-refractivity contribution in [2.45, 2.75) is 70.9 Å². The van der Waals surface area contributed by atoms with Gasteiger partial charge < -0.3 is 11.5 Å². The van der Waals surface area contributed by atoms with Gasteiger partial charge in [-0.1, -0.05) is 13.8 Å². The minimum Gasteiger partial charge on any atom is -0.327 e. The summed E-state index contributed by atoms with van der Waals surface area (Å²) in [5, 5.41) is 0. The van der Waals surface area contributed by atoms with E-state index in [9.17, 15) is 0 Å². The molecule has 0 aromatic carbocycles. The third kappa shape index (κ3) is 3.45. The maximum atomic E-state index is 6.08. The van der Waals surface area contributed by atoms with Crippen molar-refractivity contribution in [2.75, 3.05) is 0 Å². The fraction of sp³-hybridized carbons (Fsp3) is 0.867. The Balaban J connectivity index is 1.78. The van der Waals surface area contributed by atoms with Crippen LogP contribution in [0.3, 0.4) is 0 Å². The van der Waals surface area contributed by atoms with E-state index in [1.807, 2.05) is 0 Å². The van der Waals surface area contributed by atoms with Gasteiger partial charge in [0.1, 0.15) is 0 Å². The fourth-order valence-electron chi connectivity index (χ4n) is 3.40. The molecule has 0 heterocycles. The van der Waals surface area contributed by atoms with Crippen molar-refractivity contribution in [3.63, 3.8) is 0 Å². The monoisotopic (exact) mass is 236 g/mol. The van der Waals surface area contributed by atoms with Crippen LogP contribution in [-0.2, 0) is 0 Å². The molecule has 0 saturated heterocycles. The third-order valence-electron chi connectivity index (χ3n) is 4.85. The lowest BCUT2D eigenvalue weighted by Gasteiger charge is -2.36. The molecule has 0 aromatic rings. The summed E-state index contributed by atoms with van der Waals surface area (Å²) in [5.41, 5.74) is 12.2. The first-order valence-electron chi connectivity index (χ1n) is 7.24. The predicted molar refractivity (Wildman–Crippen MR) is 73.1 cm³/mol. The number of hydrogen-bond donors (Lipinski definition) is 2. The van der Waals surface area contributed by atoms with Crippen LogP contribution in [0.1, 0.15) is 58.8 Å². The summed E-state index contributed by atoms with van der Waals surface area (Å²) in [5.74, 6) is 4.86. The van der Waals surface area contributed by atoms with E-state index in [1.54, 1.807) is 11.8 Å². The van der Waals surface area contributed by atoms with Crippen molar-refractivity contribution >= 4 is 0 Å². The number of rotatable bonds is 2. The molecule has 2 heteroatoms. The van der Waals surface area contributed by atoms with Gasteiger partial charge in [0.15, 0.2) is 0 Å². The summed E-state index contributed by atoms with van der Waals surface area (Å²) in [4.78, 5) is 0. The van der Waals surface area contributed by atoms with E-state index < -0.39 is 0 Å². The quantitative estimate of drug-likeness (QED) is 0.774. The van der Waals surface area contributed by atoms with Gasteiger partial charge in [0.05, 0.1) is 0 Å². The van der Waals surface area contributed by atoms with Gasteiger partial charge in [0.25, 0.3) is 0 Å². The Morgan fingerprint density at radius 2 is 1.29 bits per heavy atom. The summed E-state index contributed by atoms with van der Waals surface area (Å²) < 4.78 is 0. The molecule has 4 unspecified atom stereocenters. The van der Waals surface area contributed by atoms with Crippen molar-refractivity contribution in [1.29, 1.82) is 0 Å². The molecule has 0 aliphatic heterocycles. The SMILES string of the molecule is CC1C[C](C[C]2CCC(N)C(C)C2)CCC1N. The van der Waals surface area contributed by atoms with Crippen LogP contribution in [0, 0.1) is 23.7 Å². The number of hydrogen-bond acceptors (Lipinski definition) is 2. The van der Waals surface area contributed by atoms with Gasteiger partial charge >= 0.3 is 0 Å². The highest BCUT2D eigenvalue weighted by atomic mass is 14.7. The lowest BCUT2D eigenvalue weighted by atomic mass is 9.71. The highest BCUT2D eigenvalue weighted by Gasteiger charge is 2.30. The zero-order chi connectivity index (χ0) is 12.4. The summed E-state index contributed by atoms with van der Waals surface area (Å²) in [6, 6.07) is 0.866. The molecule has 2 rings (SSSR count). The Morgan fingerprint density at radius 1 is 0.882 bits per heavy atom. The molecular weight excluding hydrogens is 208 g/mol. The molecule has 98 valence electrons. The van der Waals surface area contributed by atoms with Crippen LogP contribution in [0.5, 0.6) is 0 Å². The van der Waals surface area contributed by atoms with Crippen LogP contribution in [0.4, 0.5) is 0 Å². The summed E-state index contributed by atoms with van der Waals surface area (Å²) in [6.07, 6.45) is 8.69. The first-order chi connectivity index (χ1) is 8.06. The van der Waals surface area contributed by atoms with Crippen LogP contribution < -0.4 is 11.5 Å². The summed E-state index contributed by atoms with van der Waals surface area (Å²) >= 11 is 0.